The van der Waals surface area contributed by atoms with E-state index in [-0.39, 0.29) is 31.9 Å². The van der Waals surface area contributed by atoms with E-state index in [0.717, 1.165) is 4.68 Å². The number of nitrogens with one attached hydrogen (secondary N) is 1. The van der Waals surface area contributed by atoms with Crippen molar-refractivity contribution in [2.24, 2.45) is 0 Å². The van der Waals surface area contributed by atoms with Gasteiger partial charge >= 0.3 is 6.18 Å². The van der Waals surface area contributed by atoms with Gasteiger partial charge in [0.05, 0.1) is 16.9 Å². The van der Waals surface area contributed by atoms with Gasteiger partial charge in [0.1, 0.15) is 5.02 Å². The van der Waals surface area contributed by atoms with Crippen molar-refractivity contribution in [3.8, 4) is 16.8 Å². The Bertz CT molecular complexity index is 1010. The number of benzene rings is 1. The minimum Gasteiger partial charge on any atom is -0.326 e. The van der Waals surface area contributed by atoms with Gasteiger partial charge in [-0.2, -0.15) is 13.2 Å². The van der Waals surface area contributed by atoms with Crippen molar-refractivity contribution < 1.29 is 13.2 Å². The SMILES string of the molecule is O=c1[nH]cc(Cl)c(-c2cc(Cl)ccc2-n2cc(C(F)(F)F)nn2)c1Cl. The lowest BCUT2D eigenvalue weighted by molar-refractivity contribution is -0.141. The van der Waals surface area contributed by atoms with Gasteiger partial charge in [-0.15, -0.1) is 5.10 Å². The van der Waals surface area contributed by atoms with Gasteiger partial charge < -0.3 is 4.98 Å². The minimum atomic E-state index is -4.65. The molecule has 0 unspecified atom stereocenters. The number of aromatic amines is 1. The average molecular weight is 410 g/mol. The fraction of sp³-hybridized carbons (Fsp3) is 0.0714. The number of nitrogens with zero attached hydrogens (tertiary/aromatic N) is 3. The summed E-state index contributed by atoms with van der Waals surface area (Å²) in [6.45, 7) is 0. The molecule has 0 aliphatic rings. The molecule has 0 atom stereocenters. The molecule has 0 aliphatic carbocycles. The van der Waals surface area contributed by atoms with E-state index in [1.807, 2.05) is 0 Å². The molecule has 25 heavy (non-hydrogen) atoms. The van der Waals surface area contributed by atoms with Crippen molar-refractivity contribution in [2.45, 2.75) is 6.18 Å². The number of alkyl halides is 3. The van der Waals surface area contributed by atoms with Crippen LogP contribution in [-0.2, 0) is 6.18 Å². The molecular formula is C14H6Cl3F3N4O. The molecule has 0 fully saturated rings. The second-order valence-corrected chi connectivity index (χ2v) is 6.08. The zero-order valence-electron chi connectivity index (χ0n) is 11.9. The van der Waals surface area contributed by atoms with Gasteiger partial charge in [-0.3, -0.25) is 4.79 Å². The Balaban J connectivity index is 2.27. The van der Waals surface area contributed by atoms with E-state index in [0.29, 0.717) is 6.20 Å². The Hall–Kier alpha value is -2.03. The first-order valence-corrected chi connectivity index (χ1v) is 7.68. The van der Waals surface area contributed by atoms with Crippen LogP contribution in [0.25, 0.3) is 16.8 Å². The van der Waals surface area contributed by atoms with Crippen LogP contribution in [-0.4, -0.2) is 20.0 Å². The third-order valence-corrected chi connectivity index (χ3v) is 4.14. The molecule has 0 radical (unpaired) electrons. The molecule has 130 valence electrons. The summed E-state index contributed by atoms with van der Waals surface area (Å²) in [6, 6.07) is 4.28. The molecule has 1 N–H and O–H groups in total. The van der Waals surface area contributed by atoms with Crippen molar-refractivity contribution in [1.29, 1.82) is 0 Å². The fourth-order valence-corrected chi connectivity index (χ4v) is 2.88. The molecule has 0 saturated carbocycles. The summed E-state index contributed by atoms with van der Waals surface area (Å²) < 4.78 is 39.2. The maximum absolute atomic E-state index is 12.8. The summed E-state index contributed by atoms with van der Waals surface area (Å²) in [7, 11) is 0. The summed E-state index contributed by atoms with van der Waals surface area (Å²) in [5.41, 5.74) is -1.26. The van der Waals surface area contributed by atoms with Crippen molar-refractivity contribution in [3.63, 3.8) is 0 Å². The Kier molecular flexibility index (Phi) is 4.52. The van der Waals surface area contributed by atoms with Crippen LogP contribution >= 0.6 is 34.8 Å². The number of pyridine rings is 1. The van der Waals surface area contributed by atoms with Crippen LogP contribution < -0.4 is 5.56 Å². The van der Waals surface area contributed by atoms with E-state index < -0.39 is 17.4 Å². The van der Waals surface area contributed by atoms with Gasteiger partial charge in [0.2, 0.25) is 0 Å². The summed E-state index contributed by atoms with van der Waals surface area (Å²) in [4.78, 5) is 14.1. The van der Waals surface area contributed by atoms with Crippen LogP contribution in [0.3, 0.4) is 0 Å². The van der Waals surface area contributed by atoms with E-state index in [4.69, 9.17) is 34.8 Å². The lowest BCUT2D eigenvalue weighted by Crippen LogP contribution is -2.08. The number of hydrogen-bond donors (Lipinski definition) is 1. The molecule has 11 heteroatoms. The van der Waals surface area contributed by atoms with Crippen molar-refractivity contribution in [1.82, 2.24) is 20.0 Å². The highest BCUT2D eigenvalue weighted by molar-refractivity contribution is 6.39. The van der Waals surface area contributed by atoms with Crippen LogP contribution in [0.15, 0.2) is 35.4 Å². The van der Waals surface area contributed by atoms with Crippen molar-refractivity contribution >= 4 is 34.8 Å². The quantitative estimate of drug-likeness (QED) is 0.673. The van der Waals surface area contributed by atoms with Gasteiger partial charge in [0.25, 0.3) is 5.56 Å². The second kappa shape index (κ2) is 6.36. The van der Waals surface area contributed by atoms with Crippen LogP contribution in [0.2, 0.25) is 15.1 Å². The largest absolute Gasteiger partial charge is 0.436 e. The molecule has 0 bridgehead atoms. The number of aromatic nitrogens is 4. The monoisotopic (exact) mass is 408 g/mol. The van der Waals surface area contributed by atoms with E-state index >= 15 is 0 Å². The Labute approximate surface area is 152 Å². The summed E-state index contributed by atoms with van der Waals surface area (Å²) >= 11 is 18.1. The first-order valence-electron chi connectivity index (χ1n) is 6.55. The number of rotatable bonds is 2. The lowest BCUT2D eigenvalue weighted by atomic mass is 10.0. The molecule has 3 rings (SSSR count). The predicted octanol–water partition coefficient (Wildman–Crippen LogP) is 4.60. The molecule has 5 nitrogen and oxygen atoms in total. The molecule has 2 heterocycles. The smallest absolute Gasteiger partial charge is 0.326 e. The van der Waals surface area contributed by atoms with E-state index in [9.17, 15) is 18.0 Å². The zero-order chi connectivity index (χ0) is 18.4. The van der Waals surface area contributed by atoms with Crippen LogP contribution in [0, 0.1) is 0 Å². The standard InChI is InChI=1S/C14H6Cl3F3N4O/c15-6-1-2-9(24-5-10(22-23-24)14(18,19)20)7(3-6)11-8(16)4-21-13(25)12(11)17/h1-5H,(H,21,25). The molecule has 0 aliphatic heterocycles. The number of hydrogen-bond acceptors (Lipinski definition) is 3. The number of halogens is 6. The number of H-pyrrole nitrogens is 1. The highest BCUT2D eigenvalue weighted by Crippen LogP contribution is 2.37. The summed E-state index contributed by atoms with van der Waals surface area (Å²) in [5.74, 6) is 0. The normalized spacial score (nSPS) is 11.8. The maximum atomic E-state index is 12.8. The molecule has 2 aromatic heterocycles. The first kappa shape index (κ1) is 17.8. The zero-order valence-corrected chi connectivity index (χ0v) is 14.2. The highest BCUT2D eigenvalue weighted by Gasteiger charge is 2.34. The van der Waals surface area contributed by atoms with Gasteiger partial charge in [-0.05, 0) is 18.2 Å². The van der Waals surface area contributed by atoms with Crippen LogP contribution in [0.5, 0.6) is 0 Å². The Morgan fingerprint density at radius 3 is 2.52 bits per heavy atom. The second-order valence-electron chi connectivity index (χ2n) is 4.86. The Morgan fingerprint density at radius 2 is 1.88 bits per heavy atom. The first-order chi connectivity index (χ1) is 11.7. The predicted molar refractivity (Wildman–Crippen MR) is 87.4 cm³/mol. The molecule has 0 saturated heterocycles. The summed E-state index contributed by atoms with van der Waals surface area (Å²) in [6.07, 6.45) is -2.72. The van der Waals surface area contributed by atoms with Gasteiger partial charge in [0.15, 0.2) is 5.69 Å². The van der Waals surface area contributed by atoms with Gasteiger partial charge in [0, 0.05) is 22.3 Å². The summed E-state index contributed by atoms with van der Waals surface area (Å²) in [5, 5.41) is 6.71. The Morgan fingerprint density at radius 1 is 1.16 bits per heavy atom. The maximum Gasteiger partial charge on any atom is 0.436 e. The third kappa shape index (κ3) is 3.37. The topological polar surface area (TPSA) is 63.6 Å². The van der Waals surface area contributed by atoms with Crippen molar-refractivity contribution in [2.75, 3.05) is 0 Å². The molecule has 1 aromatic carbocycles. The molecular weight excluding hydrogens is 404 g/mol. The lowest BCUT2D eigenvalue weighted by Gasteiger charge is -2.12. The van der Waals surface area contributed by atoms with Crippen molar-refractivity contribution in [3.05, 3.63) is 61.7 Å². The van der Waals surface area contributed by atoms with Crippen LogP contribution in [0.4, 0.5) is 13.2 Å². The van der Waals surface area contributed by atoms with E-state index in [2.05, 4.69) is 15.3 Å². The highest BCUT2D eigenvalue weighted by atomic mass is 35.5. The van der Waals surface area contributed by atoms with E-state index in [1.165, 1.54) is 24.4 Å². The van der Waals surface area contributed by atoms with Gasteiger partial charge in [-0.25, -0.2) is 4.68 Å². The molecule has 0 amide bonds. The molecule has 3 aromatic rings. The third-order valence-electron chi connectivity index (χ3n) is 3.25. The van der Waals surface area contributed by atoms with Crippen LogP contribution in [0.1, 0.15) is 5.69 Å². The fourth-order valence-electron chi connectivity index (χ4n) is 2.15. The van der Waals surface area contributed by atoms with Gasteiger partial charge in [-0.1, -0.05) is 40.0 Å². The average Bonchev–Trinajstić information content (AvgIpc) is 3.01. The van der Waals surface area contributed by atoms with E-state index in [1.54, 1.807) is 0 Å². The molecule has 0 spiro atoms. The minimum absolute atomic E-state index is 0.0873.